The number of aliphatic hydroxyl groups excluding tert-OH is 1. The molecule has 6 aliphatic rings. The summed E-state index contributed by atoms with van der Waals surface area (Å²) in [6.45, 7) is 7.07. The molecular weight excluding hydrogens is 472 g/mol. The Morgan fingerprint density at radius 2 is 1.84 bits per heavy atom. The van der Waals surface area contributed by atoms with Crippen LogP contribution < -0.4 is 0 Å². The molecule has 2 N–H and O–H groups in total. The number of carbonyl (C=O) groups excluding carboxylic acids is 1. The van der Waals surface area contributed by atoms with Crippen molar-refractivity contribution in [3.8, 4) is 0 Å². The summed E-state index contributed by atoms with van der Waals surface area (Å²) in [5.74, 6) is 1.45. The maximum atomic E-state index is 12.4. The van der Waals surface area contributed by atoms with Crippen LogP contribution in [0, 0.1) is 34.5 Å². The standard InChI is InChI=1S/C30H46O7/c1-17-27(32)24(34-4)15-26(36-17)37-20-7-10-28(2)19(14-20)5-6-23-22(28)8-11-29(3)21(9-12-30(23,29)33)18-13-25(31)35-16-18/h13,17,19-24,26-27,32-33H,5-12,14-16H2,1-4H3/t17-,19+,20+,21+,22-,23+,24-,26+,27+,28+,29-,30+/m1/s1. The Bertz CT molecular complexity index is 935. The van der Waals surface area contributed by atoms with Crippen LogP contribution in [0.3, 0.4) is 0 Å². The van der Waals surface area contributed by atoms with E-state index in [1.54, 1.807) is 13.2 Å². The van der Waals surface area contributed by atoms with E-state index in [-0.39, 0.29) is 47.3 Å². The topological polar surface area (TPSA) is 94.5 Å². The quantitative estimate of drug-likeness (QED) is 0.427. The van der Waals surface area contributed by atoms with Gasteiger partial charge in [-0.3, -0.25) is 0 Å². The minimum atomic E-state index is -0.670. The van der Waals surface area contributed by atoms with E-state index in [9.17, 15) is 15.0 Å². The summed E-state index contributed by atoms with van der Waals surface area (Å²) < 4.78 is 23.2. The van der Waals surface area contributed by atoms with Crippen molar-refractivity contribution in [2.45, 2.75) is 121 Å². The van der Waals surface area contributed by atoms with Crippen molar-refractivity contribution in [2.24, 2.45) is 34.5 Å². The molecule has 7 nitrogen and oxygen atoms in total. The zero-order chi connectivity index (χ0) is 26.2. The second-order valence-corrected chi connectivity index (χ2v) is 13.6. The minimum Gasteiger partial charge on any atom is -0.458 e. The van der Waals surface area contributed by atoms with Crippen LogP contribution in [0.1, 0.15) is 85.0 Å². The number of carbonyl (C=O) groups is 1. The molecule has 208 valence electrons. The van der Waals surface area contributed by atoms with E-state index < -0.39 is 11.7 Å². The molecule has 1 saturated heterocycles. The first-order valence-corrected chi connectivity index (χ1v) is 14.7. The summed E-state index contributed by atoms with van der Waals surface area (Å²) in [7, 11) is 1.64. The summed E-state index contributed by atoms with van der Waals surface area (Å²) in [4.78, 5) is 11.8. The van der Waals surface area contributed by atoms with Gasteiger partial charge in [-0.1, -0.05) is 13.8 Å². The Morgan fingerprint density at radius 1 is 1.03 bits per heavy atom. The van der Waals surface area contributed by atoms with Gasteiger partial charge in [0.1, 0.15) is 12.7 Å². The summed E-state index contributed by atoms with van der Waals surface area (Å²) >= 11 is 0. The van der Waals surface area contributed by atoms with E-state index in [0.29, 0.717) is 30.8 Å². The molecule has 0 aromatic carbocycles. The van der Waals surface area contributed by atoms with Crippen LogP contribution in [0.15, 0.2) is 11.6 Å². The normalized spacial score (nSPS) is 53.6. The van der Waals surface area contributed by atoms with Crippen molar-refractivity contribution >= 4 is 5.97 Å². The molecule has 12 atom stereocenters. The number of esters is 1. The number of aliphatic hydroxyl groups is 2. The van der Waals surface area contributed by atoms with E-state index in [0.717, 1.165) is 63.4 Å². The average molecular weight is 519 g/mol. The van der Waals surface area contributed by atoms with E-state index in [1.165, 1.54) is 0 Å². The highest BCUT2D eigenvalue weighted by molar-refractivity contribution is 5.85. The van der Waals surface area contributed by atoms with Crippen LogP contribution in [0.2, 0.25) is 0 Å². The molecule has 2 aliphatic heterocycles. The van der Waals surface area contributed by atoms with Crippen molar-refractivity contribution in [1.29, 1.82) is 0 Å². The summed E-state index contributed by atoms with van der Waals surface area (Å²) in [6, 6.07) is 0. The number of ether oxygens (including phenoxy) is 4. The van der Waals surface area contributed by atoms with Gasteiger partial charge in [0.25, 0.3) is 0 Å². The fourth-order valence-corrected chi connectivity index (χ4v) is 10.0. The molecule has 0 aromatic rings. The van der Waals surface area contributed by atoms with E-state index in [1.807, 2.05) is 6.92 Å². The lowest BCUT2D eigenvalue weighted by Crippen LogP contribution is -2.62. The first kappa shape index (κ1) is 26.2. The third kappa shape index (κ3) is 3.97. The molecule has 7 heteroatoms. The van der Waals surface area contributed by atoms with Gasteiger partial charge in [0.2, 0.25) is 0 Å². The van der Waals surface area contributed by atoms with Gasteiger partial charge in [-0.2, -0.15) is 0 Å². The molecule has 4 saturated carbocycles. The van der Waals surface area contributed by atoms with Crippen LogP contribution in [0.5, 0.6) is 0 Å². The Labute approximate surface area is 221 Å². The molecule has 0 unspecified atom stereocenters. The highest BCUT2D eigenvalue weighted by Crippen LogP contribution is 2.70. The Balaban J connectivity index is 1.15. The van der Waals surface area contributed by atoms with Crippen molar-refractivity contribution in [2.75, 3.05) is 13.7 Å². The lowest BCUT2D eigenvalue weighted by molar-refractivity contribution is -0.273. The fourth-order valence-electron chi connectivity index (χ4n) is 10.0. The molecule has 5 fully saturated rings. The highest BCUT2D eigenvalue weighted by Gasteiger charge is 2.67. The second kappa shape index (κ2) is 9.29. The molecular formula is C30H46O7. The molecule has 0 amide bonds. The van der Waals surface area contributed by atoms with Gasteiger partial charge in [0.15, 0.2) is 6.29 Å². The first-order chi connectivity index (χ1) is 17.6. The van der Waals surface area contributed by atoms with Crippen molar-refractivity contribution in [3.63, 3.8) is 0 Å². The third-order valence-corrected chi connectivity index (χ3v) is 12.2. The Morgan fingerprint density at radius 3 is 2.57 bits per heavy atom. The number of hydrogen-bond acceptors (Lipinski definition) is 7. The van der Waals surface area contributed by atoms with Crippen LogP contribution in [0.25, 0.3) is 0 Å². The zero-order valence-electron chi connectivity index (χ0n) is 23.0. The summed E-state index contributed by atoms with van der Waals surface area (Å²) in [6.07, 6.45) is 10.2. The number of rotatable bonds is 4. The Hall–Kier alpha value is -0.990. The fraction of sp³-hybridized carbons (Fsp3) is 0.900. The number of cyclic esters (lactones) is 1. The molecule has 6 rings (SSSR count). The highest BCUT2D eigenvalue weighted by atomic mass is 16.7. The van der Waals surface area contributed by atoms with E-state index >= 15 is 0 Å². The lowest BCUT2D eigenvalue weighted by atomic mass is 9.43. The zero-order valence-corrected chi connectivity index (χ0v) is 23.0. The van der Waals surface area contributed by atoms with Crippen LogP contribution in [0.4, 0.5) is 0 Å². The molecule has 0 bridgehead atoms. The van der Waals surface area contributed by atoms with Gasteiger partial charge >= 0.3 is 5.97 Å². The lowest BCUT2D eigenvalue weighted by Gasteiger charge is -2.64. The third-order valence-electron chi connectivity index (χ3n) is 12.2. The van der Waals surface area contributed by atoms with Crippen molar-refractivity contribution in [1.82, 2.24) is 0 Å². The summed E-state index contributed by atoms with van der Waals surface area (Å²) in [5, 5.41) is 22.7. The number of fused-ring (bicyclic) bond motifs is 5. The Kier molecular flexibility index (Phi) is 6.59. The molecule has 4 aliphatic carbocycles. The molecule has 2 heterocycles. The monoisotopic (exact) mass is 518 g/mol. The molecule has 37 heavy (non-hydrogen) atoms. The summed E-state index contributed by atoms with van der Waals surface area (Å²) in [5.41, 5.74) is 0.461. The van der Waals surface area contributed by atoms with Crippen molar-refractivity contribution in [3.05, 3.63) is 11.6 Å². The largest absolute Gasteiger partial charge is 0.458 e. The maximum absolute atomic E-state index is 12.4. The van der Waals surface area contributed by atoms with E-state index in [4.69, 9.17) is 18.9 Å². The SMILES string of the molecule is CO[C@@H]1C[C@H](O[C@H]2CC[C@@]3(C)[C@@H](CC[C@H]4[C@H]3CC[C@]3(C)[C@H](C5=CC(=O)OC5)CC[C@]43O)C2)O[C@H](C)[C@@H]1O. The van der Waals surface area contributed by atoms with Gasteiger partial charge in [-0.05, 0) is 99.4 Å². The van der Waals surface area contributed by atoms with Gasteiger partial charge in [0, 0.05) is 25.0 Å². The van der Waals surface area contributed by atoms with Gasteiger partial charge in [-0.25, -0.2) is 4.79 Å². The van der Waals surface area contributed by atoms with Gasteiger partial charge in [-0.15, -0.1) is 0 Å². The first-order valence-electron chi connectivity index (χ1n) is 14.7. The maximum Gasteiger partial charge on any atom is 0.331 e. The van der Waals surface area contributed by atoms with Crippen LogP contribution in [-0.2, 0) is 23.7 Å². The predicted molar refractivity (Wildman–Crippen MR) is 136 cm³/mol. The number of methoxy groups -OCH3 is 1. The van der Waals surface area contributed by atoms with Gasteiger partial charge in [0.05, 0.1) is 23.9 Å². The van der Waals surface area contributed by atoms with E-state index in [2.05, 4.69) is 13.8 Å². The molecule has 0 spiro atoms. The second-order valence-electron chi connectivity index (χ2n) is 13.6. The molecule has 0 radical (unpaired) electrons. The molecule has 0 aromatic heterocycles. The van der Waals surface area contributed by atoms with Crippen molar-refractivity contribution < 1.29 is 34.0 Å². The van der Waals surface area contributed by atoms with Crippen LogP contribution in [-0.4, -0.2) is 66.2 Å². The van der Waals surface area contributed by atoms with Gasteiger partial charge < -0.3 is 29.2 Å². The minimum absolute atomic E-state index is 0.166. The van der Waals surface area contributed by atoms with Crippen LogP contribution >= 0.6 is 0 Å². The average Bonchev–Trinajstić information content (AvgIpc) is 3.41. The number of hydrogen-bond donors (Lipinski definition) is 2. The smallest absolute Gasteiger partial charge is 0.331 e. The predicted octanol–water partition coefficient (Wildman–Crippen LogP) is 4.14.